The molecule has 1 aliphatic rings. The number of hydrogen-bond donors (Lipinski definition) is 4. The fourth-order valence-electron chi connectivity index (χ4n) is 3.62. The standard InChI is InChI=1S/C17H26N2O4.C6H8O7/c1-18(23-4)17(20)13-7-9-19(10-8-13)12-14-5-6-15(21-2)11-16(14)22-3;7-3(8)1-6(13,5(11)12)2-4(9)10/h5-6,11,13H,7-10,12H2,1-4H3;13H,1-2H2,(H,7,8)(H,9,10)(H,11,12). The Labute approximate surface area is 208 Å². The highest BCUT2D eigenvalue weighted by Gasteiger charge is 2.40. The number of carbonyl (C=O) groups excluding carboxylic acids is 1. The molecule has 1 amide bonds. The Kier molecular flexibility index (Phi) is 12.1. The molecular formula is C23H34N2O11. The van der Waals surface area contributed by atoms with Crippen LogP contribution in [0.3, 0.4) is 0 Å². The molecule has 2 rings (SSSR count). The van der Waals surface area contributed by atoms with E-state index < -0.39 is 36.4 Å². The molecule has 1 saturated heterocycles. The molecule has 1 fully saturated rings. The lowest BCUT2D eigenvalue weighted by atomic mass is 9.95. The van der Waals surface area contributed by atoms with Gasteiger partial charge in [0.2, 0.25) is 5.91 Å². The van der Waals surface area contributed by atoms with E-state index in [0.29, 0.717) is 0 Å². The molecule has 1 aromatic carbocycles. The zero-order valence-electron chi connectivity index (χ0n) is 20.8. The lowest BCUT2D eigenvalue weighted by Crippen LogP contribution is -2.42. The van der Waals surface area contributed by atoms with E-state index in [-0.39, 0.29) is 11.8 Å². The Morgan fingerprint density at radius 2 is 1.56 bits per heavy atom. The first kappa shape index (κ1) is 30.6. The van der Waals surface area contributed by atoms with Gasteiger partial charge in [0.1, 0.15) is 11.5 Å². The van der Waals surface area contributed by atoms with Gasteiger partial charge in [-0.1, -0.05) is 6.07 Å². The van der Waals surface area contributed by atoms with Crippen molar-refractivity contribution in [1.29, 1.82) is 0 Å². The fraction of sp³-hybridized carbons (Fsp3) is 0.565. The Hall–Kier alpha value is -3.42. The van der Waals surface area contributed by atoms with Gasteiger partial charge in [-0.2, -0.15) is 0 Å². The first-order valence-electron chi connectivity index (χ1n) is 11.0. The molecule has 0 atom stereocenters. The minimum absolute atomic E-state index is 0.0500. The number of hydrogen-bond acceptors (Lipinski definition) is 9. The average molecular weight is 515 g/mol. The van der Waals surface area contributed by atoms with Crippen LogP contribution < -0.4 is 9.47 Å². The summed E-state index contributed by atoms with van der Waals surface area (Å²) in [6.07, 6.45) is -0.584. The van der Waals surface area contributed by atoms with Crippen LogP contribution in [-0.2, 0) is 30.6 Å². The minimum Gasteiger partial charge on any atom is -0.497 e. The molecule has 36 heavy (non-hydrogen) atoms. The Bertz CT molecular complexity index is 897. The number of ether oxygens (including phenoxy) is 2. The highest BCUT2D eigenvalue weighted by Crippen LogP contribution is 2.28. The van der Waals surface area contributed by atoms with Crippen molar-refractivity contribution in [3.8, 4) is 11.5 Å². The maximum atomic E-state index is 12.1. The van der Waals surface area contributed by atoms with Crippen LogP contribution in [0.5, 0.6) is 11.5 Å². The van der Waals surface area contributed by atoms with Crippen LogP contribution in [-0.4, -0.2) is 101 Å². The molecule has 13 nitrogen and oxygen atoms in total. The molecule has 0 radical (unpaired) electrons. The summed E-state index contributed by atoms with van der Waals surface area (Å²) < 4.78 is 10.7. The third-order valence-electron chi connectivity index (χ3n) is 5.69. The van der Waals surface area contributed by atoms with Crippen molar-refractivity contribution in [3.05, 3.63) is 23.8 Å². The van der Waals surface area contributed by atoms with E-state index in [2.05, 4.69) is 4.90 Å². The van der Waals surface area contributed by atoms with Crippen LogP contribution in [0.15, 0.2) is 18.2 Å². The van der Waals surface area contributed by atoms with Gasteiger partial charge in [0.25, 0.3) is 0 Å². The lowest BCUT2D eigenvalue weighted by molar-refractivity contribution is -0.174. The van der Waals surface area contributed by atoms with Crippen LogP contribution in [0, 0.1) is 5.92 Å². The Morgan fingerprint density at radius 3 is 1.97 bits per heavy atom. The molecule has 13 heteroatoms. The summed E-state index contributed by atoms with van der Waals surface area (Å²) in [4.78, 5) is 49.9. The third-order valence-corrected chi connectivity index (χ3v) is 5.69. The Balaban J connectivity index is 0.000000426. The van der Waals surface area contributed by atoms with E-state index in [0.717, 1.165) is 49.5 Å². The van der Waals surface area contributed by atoms with Crippen LogP contribution in [0.4, 0.5) is 0 Å². The second-order valence-corrected chi connectivity index (χ2v) is 8.22. The molecule has 0 spiro atoms. The summed E-state index contributed by atoms with van der Waals surface area (Å²) in [5, 5.41) is 35.1. The van der Waals surface area contributed by atoms with E-state index in [1.807, 2.05) is 18.2 Å². The van der Waals surface area contributed by atoms with E-state index in [9.17, 15) is 19.2 Å². The zero-order chi connectivity index (χ0) is 27.5. The number of hydroxylamine groups is 2. The summed E-state index contributed by atoms with van der Waals surface area (Å²) in [7, 11) is 6.50. The van der Waals surface area contributed by atoms with Gasteiger partial charge in [0, 0.05) is 31.1 Å². The maximum Gasteiger partial charge on any atom is 0.336 e. The Morgan fingerprint density at radius 1 is 1.00 bits per heavy atom. The maximum absolute atomic E-state index is 12.1. The van der Waals surface area contributed by atoms with Gasteiger partial charge in [-0.3, -0.25) is 24.1 Å². The summed E-state index contributed by atoms with van der Waals surface area (Å²) in [5.41, 5.74) is -1.61. The van der Waals surface area contributed by atoms with Gasteiger partial charge in [0.05, 0.1) is 34.2 Å². The van der Waals surface area contributed by atoms with Gasteiger partial charge in [-0.25, -0.2) is 9.86 Å². The number of carboxylic acids is 3. The van der Waals surface area contributed by atoms with Crippen LogP contribution in [0.2, 0.25) is 0 Å². The molecule has 0 aliphatic carbocycles. The summed E-state index contributed by atoms with van der Waals surface area (Å²) in [6, 6.07) is 5.88. The molecule has 1 aromatic rings. The predicted octanol–water partition coefficient (Wildman–Crippen LogP) is 0.687. The van der Waals surface area contributed by atoms with Gasteiger partial charge in [-0.05, 0) is 32.0 Å². The van der Waals surface area contributed by atoms with Crippen molar-refractivity contribution < 1.29 is 53.9 Å². The quantitative estimate of drug-likeness (QED) is 0.303. The van der Waals surface area contributed by atoms with E-state index in [1.165, 1.54) is 12.2 Å². The van der Waals surface area contributed by atoms with Crippen LogP contribution >= 0.6 is 0 Å². The number of rotatable bonds is 11. The van der Waals surface area contributed by atoms with Crippen molar-refractivity contribution in [2.45, 2.75) is 37.8 Å². The molecule has 0 unspecified atom stereocenters. The van der Waals surface area contributed by atoms with Gasteiger partial charge in [0.15, 0.2) is 5.60 Å². The third kappa shape index (κ3) is 9.32. The van der Waals surface area contributed by atoms with Crippen molar-refractivity contribution in [1.82, 2.24) is 9.96 Å². The number of carbonyl (C=O) groups is 4. The van der Waals surface area contributed by atoms with Gasteiger partial charge >= 0.3 is 17.9 Å². The molecule has 0 bridgehead atoms. The number of nitrogens with zero attached hydrogens (tertiary/aromatic N) is 2. The summed E-state index contributed by atoms with van der Waals surface area (Å²) in [5.74, 6) is -3.28. The zero-order valence-corrected chi connectivity index (χ0v) is 20.8. The number of piperidine rings is 1. The number of amides is 1. The number of carboxylic acid groups (broad SMARTS) is 3. The second kappa shape index (κ2) is 14.2. The molecule has 1 heterocycles. The SMILES string of the molecule is COc1ccc(CN2CCC(C(=O)N(C)OC)CC2)c(OC)c1.O=C(O)CC(O)(CC(=O)O)C(=O)O. The molecule has 0 aromatic heterocycles. The number of benzene rings is 1. The fourth-order valence-corrected chi connectivity index (χ4v) is 3.62. The van der Waals surface area contributed by atoms with Gasteiger partial charge < -0.3 is 29.9 Å². The topological polar surface area (TPSA) is 183 Å². The van der Waals surface area contributed by atoms with Gasteiger partial charge in [-0.15, -0.1) is 0 Å². The van der Waals surface area contributed by atoms with Crippen LogP contribution in [0.1, 0.15) is 31.2 Å². The lowest BCUT2D eigenvalue weighted by Gasteiger charge is -2.32. The molecule has 0 saturated carbocycles. The van der Waals surface area contributed by atoms with Crippen molar-refractivity contribution in [2.75, 3.05) is 41.5 Å². The predicted molar refractivity (Wildman–Crippen MR) is 124 cm³/mol. The normalized spacial score (nSPS) is 14.2. The number of aliphatic carboxylic acids is 3. The summed E-state index contributed by atoms with van der Waals surface area (Å²) in [6.45, 7) is 2.60. The smallest absolute Gasteiger partial charge is 0.336 e. The first-order valence-corrected chi connectivity index (χ1v) is 11.0. The van der Waals surface area contributed by atoms with Crippen molar-refractivity contribution >= 4 is 23.8 Å². The average Bonchev–Trinajstić information content (AvgIpc) is 2.83. The largest absolute Gasteiger partial charge is 0.497 e. The van der Waals surface area contributed by atoms with E-state index in [4.69, 9.17) is 34.7 Å². The first-order chi connectivity index (χ1) is 16.9. The highest BCUT2D eigenvalue weighted by atomic mass is 16.7. The molecule has 4 N–H and O–H groups in total. The monoisotopic (exact) mass is 514 g/mol. The second-order valence-electron chi connectivity index (χ2n) is 8.22. The van der Waals surface area contributed by atoms with Crippen molar-refractivity contribution in [3.63, 3.8) is 0 Å². The number of likely N-dealkylation sites (tertiary alicyclic amines) is 1. The molecule has 1 aliphatic heterocycles. The van der Waals surface area contributed by atoms with Crippen molar-refractivity contribution in [2.24, 2.45) is 5.92 Å². The molecular weight excluding hydrogens is 480 g/mol. The molecule has 202 valence electrons. The van der Waals surface area contributed by atoms with E-state index in [1.54, 1.807) is 21.3 Å². The van der Waals surface area contributed by atoms with Crippen LogP contribution in [0.25, 0.3) is 0 Å². The van der Waals surface area contributed by atoms with E-state index >= 15 is 0 Å². The minimum atomic E-state index is -2.74. The summed E-state index contributed by atoms with van der Waals surface area (Å²) >= 11 is 0. The number of aliphatic hydroxyl groups is 1. The number of methoxy groups -OCH3 is 2. The highest BCUT2D eigenvalue weighted by molar-refractivity contribution is 5.88.